The van der Waals surface area contributed by atoms with Gasteiger partial charge in [0, 0.05) is 16.6 Å². The number of carbonyl (C=O) groups excluding carboxylic acids is 2. The second-order valence-corrected chi connectivity index (χ2v) is 10.1. The molecule has 0 saturated heterocycles. The fourth-order valence-electron chi connectivity index (χ4n) is 3.79. The number of allylic oxidation sites excluding steroid dienone is 1. The van der Waals surface area contributed by atoms with Crippen molar-refractivity contribution in [2.24, 2.45) is 11.0 Å². The summed E-state index contributed by atoms with van der Waals surface area (Å²) >= 11 is 6.19. The van der Waals surface area contributed by atoms with Crippen LogP contribution in [-0.2, 0) is 19.6 Å². The molecule has 2 aromatic carbocycles. The fourth-order valence-corrected chi connectivity index (χ4v) is 5.18. The number of benzene rings is 2. The number of rotatable bonds is 6. The lowest BCUT2D eigenvalue weighted by atomic mass is 9.80. The predicted octanol–water partition coefficient (Wildman–Crippen LogP) is 3.46. The molecule has 8 nitrogen and oxygen atoms in total. The lowest BCUT2D eigenvalue weighted by molar-refractivity contribution is -0.126. The van der Waals surface area contributed by atoms with E-state index in [0.717, 1.165) is 12.8 Å². The molecule has 10 heteroatoms. The van der Waals surface area contributed by atoms with Gasteiger partial charge in [-0.3, -0.25) is 14.3 Å². The number of hydrogen-bond donors (Lipinski definition) is 2. The van der Waals surface area contributed by atoms with Crippen LogP contribution in [-0.4, -0.2) is 37.8 Å². The Balaban J connectivity index is 1.35. The molecule has 33 heavy (non-hydrogen) atoms. The van der Waals surface area contributed by atoms with Crippen molar-refractivity contribution >= 4 is 45.2 Å². The Morgan fingerprint density at radius 1 is 1.09 bits per heavy atom. The number of carbonyl (C=O) groups is 2. The minimum absolute atomic E-state index is 0.0464. The first-order valence-corrected chi connectivity index (χ1v) is 12.3. The minimum atomic E-state index is -3.72. The van der Waals surface area contributed by atoms with Crippen LogP contribution in [0.5, 0.6) is 0 Å². The van der Waals surface area contributed by atoms with E-state index in [-0.39, 0.29) is 39.2 Å². The van der Waals surface area contributed by atoms with Crippen LogP contribution in [0.4, 0.5) is 5.69 Å². The Labute approximate surface area is 196 Å². The Bertz CT molecular complexity index is 1200. The molecule has 0 bridgehead atoms. The van der Waals surface area contributed by atoms with Crippen molar-refractivity contribution in [1.82, 2.24) is 5.43 Å². The molecular weight excluding hydrogens is 466 g/mol. The second-order valence-electron chi connectivity index (χ2n) is 7.82. The number of nitrogens with zero attached hydrogens (tertiary/aromatic N) is 1. The van der Waals surface area contributed by atoms with Gasteiger partial charge in [-0.1, -0.05) is 18.2 Å². The maximum atomic E-state index is 12.6. The van der Waals surface area contributed by atoms with E-state index in [0.29, 0.717) is 12.1 Å². The molecule has 0 radical (unpaired) electrons. The summed E-state index contributed by atoms with van der Waals surface area (Å²) in [6, 6.07) is 13.9. The van der Waals surface area contributed by atoms with Gasteiger partial charge in [-0.25, -0.2) is 13.8 Å². The third-order valence-corrected chi connectivity index (χ3v) is 7.33. The molecule has 1 heterocycles. The van der Waals surface area contributed by atoms with E-state index in [1.807, 2.05) is 0 Å². The smallest absolute Gasteiger partial charge is 0.271 e. The second kappa shape index (κ2) is 9.76. The van der Waals surface area contributed by atoms with Crippen molar-refractivity contribution in [3.05, 3.63) is 72.0 Å². The molecule has 0 spiro atoms. The average molecular weight is 488 g/mol. The van der Waals surface area contributed by atoms with Crippen LogP contribution in [0.2, 0.25) is 0 Å². The highest BCUT2D eigenvalue weighted by Gasteiger charge is 2.39. The van der Waals surface area contributed by atoms with E-state index in [4.69, 9.17) is 16.3 Å². The normalized spacial score (nSPS) is 22.8. The van der Waals surface area contributed by atoms with Gasteiger partial charge in [-0.2, -0.15) is 5.10 Å². The Morgan fingerprint density at radius 2 is 1.82 bits per heavy atom. The van der Waals surface area contributed by atoms with Gasteiger partial charge in [0.15, 0.2) is 5.78 Å². The number of anilines is 1. The molecule has 4 rings (SSSR count). The van der Waals surface area contributed by atoms with Crippen molar-refractivity contribution in [2.45, 2.75) is 35.6 Å². The minimum Gasteiger partial charge on any atom is -0.496 e. The summed E-state index contributed by atoms with van der Waals surface area (Å²) in [6.45, 7) is 0. The van der Waals surface area contributed by atoms with Crippen molar-refractivity contribution in [1.29, 1.82) is 0 Å². The van der Waals surface area contributed by atoms with E-state index in [9.17, 15) is 18.0 Å². The molecule has 3 unspecified atom stereocenters. The summed E-state index contributed by atoms with van der Waals surface area (Å²) in [5, 5.41) is 3.82. The topological polar surface area (TPSA) is 114 Å². The monoisotopic (exact) mass is 487 g/mol. The first kappa shape index (κ1) is 23.0. The zero-order valence-corrected chi connectivity index (χ0v) is 19.1. The highest BCUT2D eigenvalue weighted by molar-refractivity contribution is 7.92. The van der Waals surface area contributed by atoms with Gasteiger partial charge in [0.05, 0.1) is 28.9 Å². The zero-order chi connectivity index (χ0) is 23.4. The van der Waals surface area contributed by atoms with Crippen molar-refractivity contribution < 1.29 is 22.7 Å². The third-order valence-electron chi connectivity index (χ3n) is 5.54. The highest BCUT2D eigenvalue weighted by atomic mass is 35.5. The number of amides is 1. The van der Waals surface area contributed by atoms with Crippen LogP contribution < -0.4 is 10.1 Å². The average Bonchev–Trinajstić information content (AvgIpc) is 2.81. The van der Waals surface area contributed by atoms with Gasteiger partial charge >= 0.3 is 0 Å². The number of ketones is 1. The summed E-state index contributed by atoms with van der Waals surface area (Å²) < 4.78 is 32.9. The first-order valence-electron chi connectivity index (χ1n) is 10.4. The number of hydrogen-bond acceptors (Lipinski definition) is 6. The van der Waals surface area contributed by atoms with Crippen LogP contribution in [0.15, 0.2) is 76.4 Å². The molecule has 0 aromatic heterocycles. The molecule has 1 aliphatic heterocycles. The number of nitrogens with one attached hydrogen (secondary N) is 2. The zero-order valence-electron chi connectivity index (χ0n) is 17.5. The van der Waals surface area contributed by atoms with Crippen molar-refractivity contribution in [2.75, 3.05) is 4.72 Å². The van der Waals surface area contributed by atoms with E-state index >= 15 is 0 Å². The summed E-state index contributed by atoms with van der Waals surface area (Å²) in [5.41, 5.74) is 3.21. The van der Waals surface area contributed by atoms with Crippen LogP contribution in [0.1, 0.15) is 29.6 Å². The molecule has 2 aromatic rings. The summed E-state index contributed by atoms with van der Waals surface area (Å²) in [7, 11) is -3.72. The number of hydrazone groups is 1. The van der Waals surface area contributed by atoms with Crippen LogP contribution in [0.3, 0.4) is 0 Å². The Morgan fingerprint density at radius 3 is 2.55 bits per heavy atom. The van der Waals surface area contributed by atoms with E-state index in [2.05, 4.69) is 15.2 Å². The standard InChI is InChI=1S/C23H22ClN3O5S/c24-17-8-11-21-20(12-17)22(28)16(14-32-21)13-25-26-23(29)15-6-9-18(10-7-15)27-33(30,31)19-4-2-1-3-5-19/h1-7,9-10,13-14,17,20-21,27H,8,11-12H2,(H,26,29)/b25-13+. The van der Waals surface area contributed by atoms with Crippen molar-refractivity contribution in [3.63, 3.8) is 0 Å². The number of fused-ring (bicyclic) bond motifs is 1. The van der Waals surface area contributed by atoms with Gasteiger partial charge in [0.1, 0.15) is 6.10 Å². The van der Waals surface area contributed by atoms with E-state index < -0.39 is 15.9 Å². The molecule has 2 aliphatic rings. The van der Waals surface area contributed by atoms with Gasteiger partial charge in [-0.15, -0.1) is 11.6 Å². The number of halogens is 1. The van der Waals surface area contributed by atoms with Crippen LogP contribution in [0, 0.1) is 5.92 Å². The summed E-state index contributed by atoms with van der Waals surface area (Å²) in [6.07, 6.45) is 4.59. The maximum absolute atomic E-state index is 12.6. The molecule has 1 amide bonds. The number of alkyl halides is 1. The molecule has 1 saturated carbocycles. The van der Waals surface area contributed by atoms with E-state index in [1.165, 1.54) is 48.9 Å². The quantitative estimate of drug-likeness (QED) is 0.368. The van der Waals surface area contributed by atoms with Gasteiger partial charge in [0.25, 0.3) is 15.9 Å². The Hall–Kier alpha value is -3.17. The first-order chi connectivity index (χ1) is 15.8. The largest absolute Gasteiger partial charge is 0.496 e. The summed E-state index contributed by atoms with van der Waals surface area (Å²) in [4.78, 5) is 25.1. The van der Waals surface area contributed by atoms with Crippen LogP contribution in [0.25, 0.3) is 0 Å². The SMILES string of the molecule is O=C(N/N=C/C1=COC2CCC(Cl)CC2C1=O)c1ccc(NS(=O)(=O)c2ccccc2)cc1. The lowest BCUT2D eigenvalue weighted by Crippen LogP contribution is -2.40. The molecule has 1 aliphatic carbocycles. The predicted molar refractivity (Wildman–Crippen MR) is 125 cm³/mol. The Kier molecular flexibility index (Phi) is 6.80. The molecule has 3 atom stereocenters. The third kappa shape index (κ3) is 5.43. The van der Waals surface area contributed by atoms with Gasteiger partial charge < -0.3 is 4.74 Å². The number of sulfonamides is 1. The van der Waals surface area contributed by atoms with Gasteiger partial charge in [-0.05, 0) is 55.7 Å². The summed E-state index contributed by atoms with van der Waals surface area (Å²) in [5.74, 6) is -0.898. The molecular formula is C23H22ClN3O5S. The maximum Gasteiger partial charge on any atom is 0.271 e. The van der Waals surface area contributed by atoms with Crippen LogP contribution >= 0.6 is 11.6 Å². The fraction of sp³-hybridized carbons (Fsp3) is 0.261. The molecule has 1 fully saturated rings. The van der Waals surface area contributed by atoms with Gasteiger partial charge in [0.2, 0.25) is 0 Å². The number of Topliss-reactive ketones (excluding diaryl/α,β-unsaturated/α-hetero) is 1. The van der Waals surface area contributed by atoms with E-state index in [1.54, 1.807) is 18.2 Å². The number of ether oxygens (including phenoxy) is 1. The molecule has 2 N–H and O–H groups in total. The highest BCUT2D eigenvalue weighted by Crippen LogP contribution is 2.34. The lowest BCUT2D eigenvalue weighted by Gasteiger charge is -2.35. The van der Waals surface area contributed by atoms with Crippen molar-refractivity contribution in [3.8, 4) is 0 Å². The molecule has 172 valence electrons.